The minimum Gasteiger partial charge on any atom is -0.328 e. The first-order valence-electron chi connectivity index (χ1n) is 8.43. The van der Waals surface area contributed by atoms with E-state index in [1.165, 1.54) is 6.42 Å². The van der Waals surface area contributed by atoms with Gasteiger partial charge in [0, 0.05) is 13.0 Å². The first-order valence-corrected chi connectivity index (χ1v) is 8.81. The molecule has 0 fully saturated rings. The quantitative estimate of drug-likeness (QED) is 0.880. The summed E-state index contributed by atoms with van der Waals surface area (Å²) in [7, 11) is 0. The molecule has 2 N–H and O–H groups in total. The third-order valence-electron chi connectivity index (χ3n) is 4.29. The number of hydrogen-bond donors (Lipinski definition) is 2. The van der Waals surface area contributed by atoms with Crippen LogP contribution in [-0.4, -0.2) is 20.8 Å². The molecule has 7 heteroatoms. The van der Waals surface area contributed by atoms with Gasteiger partial charge in [-0.05, 0) is 31.4 Å². The van der Waals surface area contributed by atoms with Crippen LogP contribution in [0.2, 0.25) is 5.02 Å². The van der Waals surface area contributed by atoms with E-state index in [1.807, 2.05) is 19.1 Å². The predicted octanol–water partition coefficient (Wildman–Crippen LogP) is 3.93. The van der Waals surface area contributed by atoms with Crippen LogP contribution in [-0.2, 0) is 13.0 Å². The van der Waals surface area contributed by atoms with Crippen molar-refractivity contribution < 1.29 is 4.79 Å². The number of aryl methyl sites for hydroxylation is 1. The monoisotopic (exact) mass is 347 g/mol. The van der Waals surface area contributed by atoms with E-state index in [0.717, 1.165) is 43.9 Å². The smallest absolute Gasteiger partial charge is 0.319 e. The van der Waals surface area contributed by atoms with Crippen LogP contribution in [0.4, 0.5) is 10.5 Å². The molecule has 1 aliphatic rings. The van der Waals surface area contributed by atoms with Gasteiger partial charge in [-0.15, -0.1) is 10.2 Å². The summed E-state index contributed by atoms with van der Waals surface area (Å²) >= 11 is 6.08. The molecule has 3 rings (SSSR count). The number of carbonyl (C=O) groups excluding carboxylic acids is 1. The Labute approximate surface area is 146 Å². The molecule has 6 nitrogen and oxygen atoms in total. The lowest BCUT2D eigenvalue weighted by Crippen LogP contribution is -2.34. The number of hydrogen-bond acceptors (Lipinski definition) is 3. The molecular weight excluding hydrogens is 326 g/mol. The van der Waals surface area contributed by atoms with Gasteiger partial charge in [0.25, 0.3) is 0 Å². The minimum absolute atomic E-state index is 0.174. The third kappa shape index (κ3) is 3.70. The molecule has 1 aliphatic heterocycles. The number of nitrogens with one attached hydrogen (secondary N) is 2. The fourth-order valence-electron chi connectivity index (χ4n) is 2.99. The maximum Gasteiger partial charge on any atom is 0.319 e. The largest absolute Gasteiger partial charge is 0.328 e. The van der Waals surface area contributed by atoms with E-state index in [9.17, 15) is 4.79 Å². The number of halogens is 1. The summed E-state index contributed by atoms with van der Waals surface area (Å²) in [6, 6.07) is 6.70. The third-order valence-corrected chi connectivity index (χ3v) is 4.62. The summed E-state index contributed by atoms with van der Waals surface area (Å²) in [5.41, 5.74) is 0.589. The van der Waals surface area contributed by atoms with Crippen LogP contribution >= 0.6 is 11.6 Å². The number of fused-ring (bicyclic) bond motifs is 1. The van der Waals surface area contributed by atoms with E-state index in [2.05, 4.69) is 25.4 Å². The fraction of sp³-hybridized carbons (Fsp3) is 0.471. The number of nitrogens with zero attached hydrogens (tertiary/aromatic N) is 3. The van der Waals surface area contributed by atoms with Gasteiger partial charge < -0.3 is 15.2 Å². The van der Waals surface area contributed by atoms with Gasteiger partial charge in [0.1, 0.15) is 5.82 Å². The van der Waals surface area contributed by atoms with Crippen LogP contribution in [0, 0.1) is 0 Å². The van der Waals surface area contributed by atoms with E-state index < -0.39 is 0 Å². The summed E-state index contributed by atoms with van der Waals surface area (Å²) in [6.07, 6.45) is 5.18. The second-order valence-electron chi connectivity index (χ2n) is 5.98. The average Bonchev–Trinajstić information content (AvgIpc) is 2.83. The van der Waals surface area contributed by atoms with Crippen molar-refractivity contribution in [2.24, 2.45) is 0 Å². The van der Waals surface area contributed by atoms with E-state index >= 15 is 0 Å². The van der Waals surface area contributed by atoms with Gasteiger partial charge in [-0.2, -0.15) is 0 Å². The first kappa shape index (κ1) is 16.8. The molecule has 2 aromatic rings. The number of urea groups is 1. The Balaban J connectivity index is 1.72. The average molecular weight is 348 g/mol. The molecule has 128 valence electrons. The van der Waals surface area contributed by atoms with Crippen molar-refractivity contribution in [3.63, 3.8) is 0 Å². The maximum atomic E-state index is 12.3. The molecule has 0 spiro atoms. The molecular formula is C17H22ClN5O. The van der Waals surface area contributed by atoms with E-state index in [1.54, 1.807) is 12.1 Å². The number of anilines is 1. The topological polar surface area (TPSA) is 71.8 Å². The second kappa shape index (κ2) is 7.66. The zero-order chi connectivity index (χ0) is 16.9. The lowest BCUT2D eigenvalue weighted by molar-refractivity contribution is 0.247. The van der Waals surface area contributed by atoms with E-state index in [0.29, 0.717) is 10.7 Å². The predicted molar refractivity (Wildman–Crippen MR) is 94.2 cm³/mol. The molecule has 1 aromatic heterocycles. The van der Waals surface area contributed by atoms with Crippen LogP contribution < -0.4 is 10.6 Å². The van der Waals surface area contributed by atoms with Crippen LogP contribution in [0.1, 0.15) is 50.3 Å². The summed E-state index contributed by atoms with van der Waals surface area (Å²) in [4.78, 5) is 12.3. The Bertz CT molecular complexity index is 715. The molecule has 0 unspecified atom stereocenters. The Morgan fingerprint density at radius 3 is 2.92 bits per heavy atom. The van der Waals surface area contributed by atoms with Crippen molar-refractivity contribution in [1.82, 2.24) is 20.1 Å². The maximum absolute atomic E-state index is 12.3. The SMILES string of the molecule is CC[C@@H](NC(=O)Nc1ccccc1Cl)c1nnc2n1CCCCC2. The van der Waals surface area contributed by atoms with Crippen molar-refractivity contribution in [1.29, 1.82) is 0 Å². The Morgan fingerprint density at radius 2 is 2.12 bits per heavy atom. The molecule has 24 heavy (non-hydrogen) atoms. The van der Waals surface area contributed by atoms with Gasteiger partial charge in [-0.3, -0.25) is 0 Å². The van der Waals surface area contributed by atoms with Crippen molar-refractivity contribution in [2.45, 2.75) is 51.6 Å². The molecule has 1 aromatic carbocycles. The molecule has 2 amide bonds. The highest BCUT2D eigenvalue weighted by Gasteiger charge is 2.22. The lowest BCUT2D eigenvalue weighted by Gasteiger charge is -2.18. The number of benzene rings is 1. The molecule has 1 atom stereocenters. The number of carbonyl (C=O) groups is 1. The second-order valence-corrected chi connectivity index (χ2v) is 6.38. The number of para-hydroxylation sites is 1. The molecule has 0 bridgehead atoms. The van der Waals surface area contributed by atoms with Crippen molar-refractivity contribution in [3.8, 4) is 0 Å². The number of aromatic nitrogens is 3. The first-order chi connectivity index (χ1) is 11.7. The fourth-order valence-corrected chi connectivity index (χ4v) is 3.18. The highest BCUT2D eigenvalue weighted by molar-refractivity contribution is 6.33. The number of rotatable bonds is 4. The minimum atomic E-state index is -0.291. The lowest BCUT2D eigenvalue weighted by atomic mass is 10.2. The summed E-state index contributed by atoms with van der Waals surface area (Å²) in [6.45, 7) is 2.95. The van der Waals surface area contributed by atoms with Gasteiger partial charge in [0.15, 0.2) is 5.82 Å². The van der Waals surface area contributed by atoms with Crippen molar-refractivity contribution >= 4 is 23.3 Å². The standard InChI is InChI=1S/C17H22ClN5O/c1-2-13(16-22-21-15-10-4-3-7-11-23(15)16)19-17(24)20-14-9-6-5-8-12(14)18/h5-6,8-9,13H,2-4,7,10-11H2,1H3,(H2,19,20,24)/t13-/m1/s1. The van der Waals surface area contributed by atoms with Crippen LogP contribution in [0.3, 0.4) is 0 Å². The van der Waals surface area contributed by atoms with Crippen LogP contribution in [0.25, 0.3) is 0 Å². The highest BCUT2D eigenvalue weighted by Crippen LogP contribution is 2.22. The normalized spacial score (nSPS) is 15.2. The Kier molecular flexibility index (Phi) is 5.35. The van der Waals surface area contributed by atoms with Crippen LogP contribution in [0.5, 0.6) is 0 Å². The van der Waals surface area contributed by atoms with Crippen LogP contribution in [0.15, 0.2) is 24.3 Å². The molecule has 0 aliphatic carbocycles. The molecule has 2 heterocycles. The van der Waals surface area contributed by atoms with Crippen molar-refractivity contribution in [2.75, 3.05) is 5.32 Å². The zero-order valence-corrected chi connectivity index (χ0v) is 14.5. The van der Waals surface area contributed by atoms with Crippen molar-refractivity contribution in [3.05, 3.63) is 40.9 Å². The molecule has 0 saturated carbocycles. The highest BCUT2D eigenvalue weighted by atomic mass is 35.5. The van der Waals surface area contributed by atoms with Gasteiger partial charge in [0.05, 0.1) is 16.8 Å². The Morgan fingerprint density at radius 1 is 1.29 bits per heavy atom. The van der Waals surface area contributed by atoms with Gasteiger partial charge in [-0.1, -0.05) is 37.1 Å². The zero-order valence-electron chi connectivity index (χ0n) is 13.8. The summed E-state index contributed by atoms with van der Waals surface area (Å²) in [5, 5.41) is 14.9. The van der Waals surface area contributed by atoms with E-state index in [-0.39, 0.29) is 12.1 Å². The summed E-state index contributed by atoms with van der Waals surface area (Å²) in [5.74, 6) is 1.86. The molecule has 0 saturated heterocycles. The molecule has 0 radical (unpaired) electrons. The van der Waals surface area contributed by atoms with Gasteiger partial charge in [0.2, 0.25) is 0 Å². The Hall–Kier alpha value is -2.08. The number of amides is 2. The summed E-state index contributed by atoms with van der Waals surface area (Å²) < 4.78 is 2.16. The van der Waals surface area contributed by atoms with E-state index in [4.69, 9.17) is 11.6 Å². The van der Waals surface area contributed by atoms with Gasteiger partial charge >= 0.3 is 6.03 Å². The van der Waals surface area contributed by atoms with Gasteiger partial charge in [-0.25, -0.2) is 4.79 Å².